The molecule has 0 spiro atoms. The molecule has 17 heavy (non-hydrogen) atoms. The van der Waals surface area contributed by atoms with Crippen molar-refractivity contribution in [3.63, 3.8) is 0 Å². The van der Waals surface area contributed by atoms with Crippen LogP contribution in [-0.2, 0) is 26.7 Å². The van der Waals surface area contributed by atoms with Gasteiger partial charge in [-0.05, 0) is 11.1 Å². The monoisotopic (exact) mass is 231 g/mol. The third-order valence-electron chi connectivity index (χ3n) is 2.62. The molecule has 1 aromatic carbocycles. The van der Waals surface area contributed by atoms with Crippen molar-refractivity contribution in [2.75, 3.05) is 0 Å². The van der Waals surface area contributed by atoms with Crippen molar-refractivity contribution in [2.45, 2.75) is 19.7 Å². The first-order valence-corrected chi connectivity index (χ1v) is 5.65. The van der Waals surface area contributed by atoms with Crippen molar-refractivity contribution >= 4 is 0 Å². The van der Waals surface area contributed by atoms with Crippen molar-refractivity contribution in [2.24, 2.45) is 7.05 Å². The SMILES string of the molecule is Cn1cc(CNCc2ccc(CO)cc2)cn1. The zero-order chi connectivity index (χ0) is 12.1. The van der Waals surface area contributed by atoms with Crippen LogP contribution >= 0.6 is 0 Å². The molecule has 0 atom stereocenters. The summed E-state index contributed by atoms with van der Waals surface area (Å²) in [6, 6.07) is 7.95. The maximum atomic E-state index is 8.93. The number of hydrogen-bond acceptors (Lipinski definition) is 3. The molecule has 0 aliphatic carbocycles. The summed E-state index contributed by atoms with van der Waals surface area (Å²) >= 11 is 0. The highest BCUT2D eigenvalue weighted by Gasteiger charge is 1.97. The van der Waals surface area contributed by atoms with Crippen molar-refractivity contribution in [1.82, 2.24) is 15.1 Å². The normalized spacial score (nSPS) is 10.7. The maximum Gasteiger partial charge on any atom is 0.0681 e. The molecule has 0 amide bonds. The van der Waals surface area contributed by atoms with Crippen LogP contribution in [-0.4, -0.2) is 14.9 Å². The van der Waals surface area contributed by atoms with E-state index in [1.54, 1.807) is 4.68 Å². The number of nitrogens with zero attached hydrogens (tertiary/aromatic N) is 2. The average molecular weight is 231 g/mol. The number of hydrogen-bond donors (Lipinski definition) is 2. The minimum absolute atomic E-state index is 0.101. The number of benzene rings is 1. The van der Waals surface area contributed by atoms with Gasteiger partial charge in [0.05, 0.1) is 12.8 Å². The van der Waals surface area contributed by atoms with Gasteiger partial charge < -0.3 is 10.4 Å². The lowest BCUT2D eigenvalue weighted by Crippen LogP contribution is -2.12. The van der Waals surface area contributed by atoms with Crippen LogP contribution in [0.2, 0.25) is 0 Å². The van der Waals surface area contributed by atoms with E-state index in [9.17, 15) is 0 Å². The molecular formula is C13H17N3O. The topological polar surface area (TPSA) is 50.1 Å². The smallest absolute Gasteiger partial charge is 0.0681 e. The minimum Gasteiger partial charge on any atom is -0.392 e. The summed E-state index contributed by atoms with van der Waals surface area (Å²) in [4.78, 5) is 0. The molecule has 90 valence electrons. The Bertz CT molecular complexity index is 462. The van der Waals surface area contributed by atoms with Gasteiger partial charge in [-0.3, -0.25) is 4.68 Å². The van der Waals surface area contributed by atoms with E-state index in [2.05, 4.69) is 10.4 Å². The number of nitrogens with one attached hydrogen (secondary N) is 1. The molecule has 2 aromatic rings. The van der Waals surface area contributed by atoms with Crippen LogP contribution in [0.1, 0.15) is 16.7 Å². The molecule has 1 aromatic heterocycles. The van der Waals surface area contributed by atoms with Crippen LogP contribution in [0.4, 0.5) is 0 Å². The van der Waals surface area contributed by atoms with Crippen molar-refractivity contribution in [1.29, 1.82) is 0 Å². The highest BCUT2D eigenvalue weighted by molar-refractivity contribution is 5.21. The van der Waals surface area contributed by atoms with E-state index in [1.807, 2.05) is 43.7 Å². The van der Waals surface area contributed by atoms with Gasteiger partial charge in [0.1, 0.15) is 0 Å². The molecule has 0 fully saturated rings. The lowest BCUT2D eigenvalue weighted by molar-refractivity contribution is 0.282. The fourth-order valence-corrected chi connectivity index (χ4v) is 1.68. The van der Waals surface area contributed by atoms with E-state index in [0.29, 0.717) is 0 Å². The lowest BCUT2D eigenvalue weighted by Gasteiger charge is -2.04. The molecule has 4 nitrogen and oxygen atoms in total. The first-order valence-electron chi connectivity index (χ1n) is 5.65. The molecular weight excluding hydrogens is 214 g/mol. The molecule has 0 saturated carbocycles. The summed E-state index contributed by atoms with van der Waals surface area (Å²) in [5.41, 5.74) is 3.34. The third kappa shape index (κ3) is 3.41. The van der Waals surface area contributed by atoms with Crippen LogP contribution in [0, 0.1) is 0 Å². The Labute approximate surface area is 101 Å². The van der Waals surface area contributed by atoms with Gasteiger partial charge >= 0.3 is 0 Å². The predicted molar refractivity (Wildman–Crippen MR) is 66.1 cm³/mol. The number of aliphatic hydroxyl groups excluding tert-OH is 1. The summed E-state index contributed by atoms with van der Waals surface area (Å²) < 4.78 is 1.80. The molecule has 1 heterocycles. The first kappa shape index (κ1) is 11.8. The van der Waals surface area contributed by atoms with Gasteiger partial charge in [-0.1, -0.05) is 24.3 Å². The second-order valence-corrected chi connectivity index (χ2v) is 4.10. The third-order valence-corrected chi connectivity index (χ3v) is 2.62. The van der Waals surface area contributed by atoms with Crippen molar-refractivity contribution < 1.29 is 5.11 Å². The number of aliphatic hydroxyl groups is 1. The molecule has 0 bridgehead atoms. The van der Waals surface area contributed by atoms with E-state index in [1.165, 1.54) is 11.1 Å². The van der Waals surface area contributed by atoms with Crippen molar-refractivity contribution in [3.8, 4) is 0 Å². The van der Waals surface area contributed by atoms with Crippen LogP contribution in [0.3, 0.4) is 0 Å². The molecule has 4 heteroatoms. The molecule has 0 aliphatic rings. The van der Waals surface area contributed by atoms with Crippen LogP contribution < -0.4 is 5.32 Å². The summed E-state index contributed by atoms with van der Waals surface area (Å²) in [5.74, 6) is 0. The van der Waals surface area contributed by atoms with Gasteiger partial charge in [0, 0.05) is 31.9 Å². The highest BCUT2D eigenvalue weighted by atomic mass is 16.3. The zero-order valence-corrected chi connectivity index (χ0v) is 9.93. The molecule has 0 radical (unpaired) electrons. The van der Waals surface area contributed by atoms with E-state index < -0.39 is 0 Å². The standard InChI is InChI=1S/C13H17N3O/c1-16-9-13(8-15-16)7-14-6-11-2-4-12(10-17)5-3-11/h2-5,8-9,14,17H,6-7,10H2,1H3. The molecule has 0 aliphatic heterocycles. The van der Waals surface area contributed by atoms with Crippen molar-refractivity contribution in [3.05, 3.63) is 53.3 Å². The predicted octanol–water partition coefficient (Wildman–Crippen LogP) is 1.20. The molecule has 0 unspecified atom stereocenters. The summed E-state index contributed by atoms with van der Waals surface area (Å²) in [6.07, 6.45) is 3.86. The number of rotatable bonds is 5. The van der Waals surface area contributed by atoms with Gasteiger partial charge in [-0.2, -0.15) is 5.10 Å². The Morgan fingerprint density at radius 3 is 2.35 bits per heavy atom. The van der Waals surface area contributed by atoms with Gasteiger partial charge in [0.15, 0.2) is 0 Å². The van der Waals surface area contributed by atoms with Gasteiger partial charge in [-0.25, -0.2) is 0 Å². The summed E-state index contributed by atoms with van der Waals surface area (Å²) in [5, 5.41) is 16.4. The molecule has 2 rings (SSSR count). The minimum atomic E-state index is 0.101. The Morgan fingerprint density at radius 2 is 1.76 bits per heavy atom. The second kappa shape index (κ2) is 5.61. The van der Waals surface area contributed by atoms with Gasteiger partial charge in [-0.15, -0.1) is 0 Å². The summed E-state index contributed by atoms with van der Waals surface area (Å²) in [7, 11) is 1.91. The Hall–Kier alpha value is -1.65. The van der Waals surface area contributed by atoms with Gasteiger partial charge in [0.25, 0.3) is 0 Å². The number of aromatic nitrogens is 2. The molecule has 0 saturated heterocycles. The number of aryl methyl sites for hydroxylation is 1. The quantitative estimate of drug-likeness (QED) is 0.813. The van der Waals surface area contributed by atoms with E-state index in [-0.39, 0.29) is 6.61 Å². The fraction of sp³-hybridized carbons (Fsp3) is 0.308. The highest BCUT2D eigenvalue weighted by Crippen LogP contribution is 2.04. The average Bonchev–Trinajstić information content (AvgIpc) is 2.76. The van der Waals surface area contributed by atoms with Crippen LogP contribution in [0.25, 0.3) is 0 Å². The second-order valence-electron chi connectivity index (χ2n) is 4.10. The Morgan fingerprint density at radius 1 is 1.12 bits per heavy atom. The zero-order valence-electron chi connectivity index (χ0n) is 9.93. The largest absolute Gasteiger partial charge is 0.392 e. The lowest BCUT2D eigenvalue weighted by atomic mass is 10.1. The van der Waals surface area contributed by atoms with Gasteiger partial charge in [0.2, 0.25) is 0 Å². The Kier molecular flexibility index (Phi) is 3.90. The fourth-order valence-electron chi connectivity index (χ4n) is 1.68. The van der Waals surface area contributed by atoms with Crippen LogP contribution in [0.15, 0.2) is 36.7 Å². The van der Waals surface area contributed by atoms with E-state index >= 15 is 0 Å². The molecule has 2 N–H and O–H groups in total. The summed E-state index contributed by atoms with van der Waals surface area (Å²) in [6.45, 7) is 1.74. The maximum absolute atomic E-state index is 8.93. The first-order chi connectivity index (χ1) is 8.28. The van der Waals surface area contributed by atoms with E-state index in [4.69, 9.17) is 5.11 Å². The Balaban J connectivity index is 1.81. The van der Waals surface area contributed by atoms with E-state index in [0.717, 1.165) is 18.7 Å². The van der Waals surface area contributed by atoms with Crippen LogP contribution in [0.5, 0.6) is 0 Å².